The van der Waals surface area contributed by atoms with Crippen LogP contribution in [0.3, 0.4) is 0 Å². The largest absolute Gasteiger partial charge is 0.464 e. The molecule has 1 N–H and O–H groups in total. The Balaban J connectivity index is 1.86. The summed E-state index contributed by atoms with van der Waals surface area (Å²) < 4.78 is 20.4. The highest BCUT2D eigenvalue weighted by atomic mass is 19.1. The van der Waals surface area contributed by atoms with E-state index >= 15 is 0 Å². The van der Waals surface area contributed by atoms with E-state index in [4.69, 9.17) is 0 Å². The van der Waals surface area contributed by atoms with E-state index in [1.54, 1.807) is 10.6 Å². The second kappa shape index (κ2) is 6.96. The lowest BCUT2D eigenvalue weighted by molar-refractivity contribution is 0.0594. The summed E-state index contributed by atoms with van der Waals surface area (Å²) in [6, 6.07) is 10.8. The molecule has 2 aromatic heterocycles. The minimum Gasteiger partial charge on any atom is -0.464 e. The number of nitrogens with one attached hydrogen (secondary N) is 1. The quantitative estimate of drug-likeness (QED) is 0.742. The van der Waals surface area contributed by atoms with Crippen molar-refractivity contribution in [1.29, 1.82) is 0 Å². The van der Waals surface area contributed by atoms with Gasteiger partial charge in [0.25, 0.3) is 5.91 Å². The number of hydrogen-bond acceptors (Lipinski definition) is 4. The lowest BCUT2D eigenvalue weighted by atomic mass is 10.2. The lowest BCUT2D eigenvalue weighted by Gasteiger charge is -2.10. The van der Waals surface area contributed by atoms with Crippen molar-refractivity contribution in [1.82, 2.24) is 9.55 Å². The van der Waals surface area contributed by atoms with E-state index in [0.717, 1.165) is 0 Å². The number of anilines is 1. The monoisotopic (exact) mass is 339 g/mol. The van der Waals surface area contributed by atoms with Gasteiger partial charge < -0.3 is 14.6 Å². The van der Waals surface area contributed by atoms with Crippen molar-refractivity contribution in [2.75, 3.05) is 12.4 Å². The zero-order valence-corrected chi connectivity index (χ0v) is 13.3. The highest BCUT2D eigenvalue weighted by Crippen LogP contribution is 2.20. The number of pyridine rings is 1. The molecule has 0 bridgehead atoms. The van der Waals surface area contributed by atoms with Gasteiger partial charge in [0.15, 0.2) is 0 Å². The molecule has 1 aromatic carbocycles. The summed E-state index contributed by atoms with van der Waals surface area (Å²) in [5, 5.41) is 2.51. The number of carbonyl (C=O) groups is 2. The molecule has 0 atom stereocenters. The summed E-state index contributed by atoms with van der Waals surface area (Å²) in [5.41, 5.74) is 0.900. The van der Waals surface area contributed by atoms with Crippen molar-refractivity contribution in [3.63, 3.8) is 0 Å². The molecule has 3 aromatic rings. The van der Waals surface area contributed by atoms with Crippen LogP contribution in [-0.4, -0.2) is 28.5 Å². The first kappa shape index (κ1) is 16.4. The van der Waals surface area contributed by atoms with E-state index in [1.165, 1.54) is 37.6 Å². The summed E-state index contributed by atoms with van der Waals surface area (Å²) in [6.45, 7) is 0. The van der Waals surface area contributed by atoms with Crippen LogP contribution in [0.1, 0.15) is 20.8 Å². The number of nitrogens with zero attached hydrogens (tertiary/aromatic N) is 2. The smallest absolute Gasteiger partial charge is 0.356 e. The van der Waals surface area contributed by atoms with Gasteiger partial charge in [-0.05, 0) is 42.5 Å². The number of ether oxygens (including phenoxy) is 1. The molecule has 0 radical (unpaired) electrons. The molecule has 1 amide bonds. The van der Waals surface area contributed by atoms with Gasteiger partial charge in [0, 0.05) is 29.8 Å². The topological polar surface area (TPSA) is 73.2 Å². The van der Waals surface area contributed by atoms with Crippen molar-refractivity contribution in [3.8, 4) is 5.69 Å². The minimum absolute atomic E-state index is 0.00304. The van der Waals surface area contributed by atoms with Gasteiger partial charge in [-0.1, -0.05) is 0 Å². The Labute approximate surface area is 142 Å². The predicted octanol–water partition coefficient (Wildman–Crippen LogP) is 3.05. The predicted molar refractivity (Wildman–Crippen MR) is 89.3 cm³/mol. The fraction of sp³-hybridized carbons (Fsp3) is 0.0556. The lowest BCUT2D eigenvalue weighted by Crippen LogP contribution is -2.15. The van der Waals surface area contributed by atoms with Crippen LogP contribution in [0.2, 0.25) is 0 Å². The Morgan fingerprint density at radius 1 is 1.16 bits per heavy atom. The molecule has 0 aliphatic rings. The molecule has 0 aliphatic carbocycles. The SMILES string of the molecule is COC(=O)c1cc(C(=O)Nc2cc(-n3cccc3)ccc2F)ccn1. The van der Waals surface area contributed by atoms with E-state index in [-0.39, 0.29) is 16.9 Å². The third kappa shape index (κ3) is 3.55. The van der Waals surface area contributed by atoms with Crippen LogP contribution in [0.4, 0.5) is 10.1 Å². The number of methoxy groups -OCH3 is 1. The first-order chi connectivity index (χ1) is 12.1. The fourth-order valence-electron chi connectivity index (χ4n) is 2.26. The Morgan fingerprint density at radius 2 is 1.92 bits per heavy atom. The fourth-order valence-corrected chi connectivity index (χ4v) is 2.26. The summed E-state index contributed by atoms with van der Waals surface area (Å²) >= 11 is 0. The Hall–Kier alpha value is -3.48. The van der Waals surface area contributed by atoms with Crippen molar-refractivity contribution in [2.45, 2.75) is 0 Å². The molecule has 0 spiro atoms. The molecular weight excluding hydrogens is 325 g/mol. The van der Waals surface area contributed by atoms with Crippen LogP contribution in [0.5, 0.6) is 0 Å². The highest BCUT2D eigenvalue weighted by molar-refractivity contribution is 6.05. The standard InChI is InChI=1S/C18H14FN3O3/c1-25-18(24)16-10-12(6-7-20-16)17(23)21-15-11-13(4-5-14(15)19)22-8-2-3-9-22/h2-11H,1H3,(H,21,23). The normalized spacial score (nSPS) is 10.3. The number of halogens is 1. The zero-order chi connectivity index (χ0) is 17.8. The van der Waals surface area contributed by atoms with Gasteiger partial charge in [0.2, 0.25) is 0 Å². The van der Waals surface area contributed by atoms with Gasteiger partial charge in [-0.2, -0.15) is 0 Å². The molecule has 0 saturated heterocycles. The number of benzene rings is 1. The number of carbonyl (C=O) groups excluding carboxylic acids is 2. The van der Waals surface area contributed by atoms with Crippen LogP contribution >= 0.6 is 0 Å². The van der Waals surface area contributed by atoms with Crippen LogP contribution in [0, 0.1) is 5.82 Å². The van der Waals surface area contributed by atoms with E-state index in [1.807, 2.05) is 24.5 Å². The van der Waals surface area contributed by atoms with Crippen molar-refractivity contribution in [2.24, 2.45) is 0 Å². The molecule has 0 unspecified atom stereocenters. The number of rotatable bonds is 4. The number of esters is 1. The van der Waals surface area contributed by atoms with Crippen LogP contribution in [-0.2, 0) is 4.74 Å². The molecule has 0 fully saturated rings. The van der Waals surface area contributed by atoms with Crippen LogP contribution in [0.15, 0.2) is 61.1 Å². The molecule has 2 heterocycles. The van der Waals surface area contributed by atoms with Gasteiger partial charge in [0.1, 0.15) is 11.5 Å². The van der Waals surface area contributed by atoms with Gasteiger partial charge in [0.05, 0.1) is 12.8 Å². The maximum atomic E-state index is 14.0. The third-order valence-electron chi connectivity index (χ3n) is 3.52. The summed E-state index contributed by atoms with van der Waals surface area (Å²) in [7, 11) is 1.22. The van der Waals surface area contributed by atoms with E-state index in [0.29, 0.717) is 5.69 Å². The van der Waals surface area contributed by atoms with Gasteiger partial charge in [-0.3, -0.25) is 4.79 Å². The maximum absolute atomic E-state index is 14.0. The van der Waals surface area contributed by atoms with Crippen molar-refractivity contribution >= 4 is 17.6 Å². The van der Waals surface area contributed by atoms with Crippen molar-refractivity contribution < 1.29 is 18.7 Å². The summed E-state index contributed by atoms with van der Waals surface area (Å²) in [4.78, 5) is 27.7. The third-order valence-corrected chi connectivity index (χ3v) is 3.52. The van der Waals surface area contributed by atoms with E-state index in [9.17, 15) is 14.0 Å². The molecule has 0 aliphatic heterocycles. The highest BCUT2D eigenvalue weighted by Gasteiger charge is 2.14. The van der Waals surface area contributed by atoms with Gasteiger partial charge in [-0.15, -0.1) is 0 Å². The second-order valence-corrected chi connectivity index (χ2v) is 5.13. The van der Waals surface area contributed by atoms with Crippen LogP contribution < -0.4 is 5.32 Å². The molecule has 0 saturated carbocycles. The van der Waals surface area contributed by atoms with Gasteiger partial charge in [-0.25, -0.2) is 14.2 Å². The van der Waals surface area contributed by atoms with Crippen LogP contribution in [0.25, 0.3) is 5.69 Å². The molecular formula is C18H14FN3O3. The van der Waals surface area contributed by atoms with Gasteiger partial charge >= 0.3 is 5.97 Å². The maximum Gasteiger partial charge on any atom is 0.356 e. The van der Waals surface area contributed by atoms with Crippen molar-refractivity contribution in [3.05, 3.63) is 78.1 Å². The second-order valence-electron chi connectivity index (χ2n) is 5.13. The van der Waals surface area contributed by atoms with E-state index < -0.39 is 17.7 Å². The zero-order valence-electron chi connectivity index (χ0n) is 13.3. The summed E-state index contributed by atoms with van der Waals surface area (Å²) in [5.74, 6) is -1.78. The minimum atomic E-state index is -0.657. The molecule has 25 heavy (non-hydrogen) atoms. The molecule has 7 heteroatoms. The summed E-state index contributed by atoms with van der Waals surface area (Å²) in [6.07, 6.45) is 4.93. The Morgan fingerprint density at radius 3 is 2.64 bits per heavy atom. The number of aromatic nitrogens is 2. The molecule has 6 nitrogen and oxygen atoms in total. The average molecular weight is 339 g/mol. The number of hydrogen-bond donors (Lipinski definition) is 1. The van der Waals surface area contributed by atoms with E-state index in [2.05, 4.69) is 15.0 Å². The Kier molecular flexibility index (Phi) is 4.56. The first-order valence-electron chi connectivity index (χ1n) is 7.37. The average Bonchev–Trinajstić information content (AvgIpc) is 3.17. The number of amides is 1. The molecule has 126 valence electrons. The first-order valence-corrected chi connectivity index (χ1v) is 7.37. The Bertz CT molecular complexity index is 923. The molecule has 3 rings (SSSR count).